The normalized spacial score (nSPS) is 28.2. The first kappa shape index (κ1) is 8.97. The summed E-state index contributed by atoms with van der Waals surface area (Å²) in [6.45, 7) is 5.74. The Bertz CT molecular complexity index is 278. The van der Waals surface area contributed by atoms with E-state index < -0.39 is 11.5 Å². The maximum Gasteiger partial charge on any atom is 0.306 e. The molecule has 1 rings (SSSR count). The van der Waals surface area contributed by atoms with Gasteiger partial charge in [0.2, 0.25) is 0 Å². The van der Waals surface area contributed by atoms with Gasteiger partial charge >= 0.3 is 5.97 Å². The minimum absolute atomic E-state index is 0.0761. The molecule has 1 atom stereocenters. The highest BCUT2D eigenvalue weighted by molar-refractivity contribution is 5.84. The van der Waals surface area contributed by atoms with Crippen molar-refractivity contribution in [2.75, 3.05) is 0 Å². The van der Waals surface area contributed by atoms with Crippen LogP contribution in [0, 0.1) is 0 Å². The van der Waals surface area contributed by atoms with Gasteiger partial charge in [-0.1, -0.05) is 0 Å². The van der Waals surface area contributed by atoms with Crippen molar-refractivity contribution < 1.29 is 9.90 Å². The van der Waals surface area contributed by atoms with E-state index >= 15 is 0 Å². The summed E-state index contributed by atoms with van der Waals surface area (Å²) in [5.74, 6) is -0.802. The lowest BCUT2D eigenvalue weighted by Crippen LogP contribution is -2.25. The highest BCUT2D eigenvalue weighted by Gasteiger charge is 2.32. The Morgan fingerprint density at radius 2 is 2.25 bits per heavy atom. The molecule has 3 heteroatoms. The van der Waals surface area contributed by atoms with Gasteiger partial charge in [-0.3, -0.25) is 9.79 Å². The smallest absolute Gasteiger partial charge is 0.306 e. The van der Waals surface area contributed by atoms with E-state index in [4.69, 9.17) is 5.11 Å². The Balaban J connectivity index is 2.89. The molecule has 3 nitrogen and oxygen atoms in total. The van der Waals surface area contributed by atoms with E-state index in [1.807, 2.05) is 20.8 Å². The van der Waals surface area contributed by atoms with Crippen molar-refractivity contribution in [1.82, 2.24) is 0 Å². The Kier molecular flexibility index (Phi) is 2.04. The molecule has 0 spiro atoms. The molecule has 1 aliphatic heterocycles. The fraction of sp³-hybridized carbons (Fsp3) is 0.556. The first-order valence-corrected chi connectivity index (χ1v) is 3.91. The van der Waals surface area contributed by atoms with Crippen molar-refractivity contribution in [1.29, 1.82) is 0 Å². The summed E-state index contributed by atoms with van der Waals surface area (Å²) in [4.78, 5) is 14.7. The summed E-state index contributed by atoms with van der Waals surface area (Å²) in [6.07, 6.45) is 1.82. The molecule has 1 aliphatic rings. The number of carboxylic acid groups (broad SMARTS) is 1. The van der Waals surface area contributed by atoms with Crippen molar-refractivity contribution in [2.45, 2.75) is 32.7 Å². The summed E-state index contributed by atoms with van der Waals surface area (Å²) in [6, 6.07) is 0. The standard InChI is InChI=1S/C9H13NO2/c1-6-5-10-9(3,7(6)2)4-8(11)12/h5H,4H2,1-3H3,(H,11,12). The maximum absolute atomic E-state index is 10.5. The second-order valence-corrected chi connectivity index (χ2v) is 3.41. The SMILES string of the molecule is CC1=C(C)C(C)(CC(=O)O)N=C1. The number of carboxylic acids is 1. The third-order valence-electron chi connectivity index (χ3n) is 2.44. The van der Waals surface area contributed by atoms with Crippen molar-refractivity contribution in [3.63, 3.8) is 0 Å². The van der Waals surface area contributed by atoms with Gasteiger partial charge in [0.1, 0.15) is 0 Å². The van der Waals surface area contributed by atoms with Crippen LogP contribution in [0.5, 0.6) is 0 Å². The molecule has 12 heavy (non-hydrogen) atoms. The minimum atomic E-state index is -0.802. The number of hydrogen-bond acceptors (Lipinski definition) is 2. The van der Waals surface area contributed by atoms with Crippen molar-refractivity contribution in [3.05, 3.63) is 11.1 Å². The lowest BCUT2D eigenvalue weighted by Gasteiger charge is -2.20. The van der Waals surface area contributed by atoms with Crippen LogP contribution in [0.15, 0.2) is 16.1 Å². The largest absolute Gasteiger partial charge is 0.481 e. The van der Waals surface area contributed by atoms with Crippen LogP contribution in [-0.2, 0) is 4.79 Å². The summed E-state index contributed by atoms with van der Waals surface area (Å²) < 4.78 is 0. The van der Waals surface area contributed by atoms with Crippen molar-refractivity contribution in [3.8, 4) is 0 Å². The third kappa shape index (κ3) is 1.40. The Labute approximate surface area is 71.8 Å². The van der Waals surface area contributed by atoms with E-state index in [1.165, 1.54) is 0 Å². The van der Waals surface area contributed by atoms with Crippen LogP contribution in [0.3, 0.4) is 0 Å². The molecule has 0 bridgehead atoms. The first-order valence-electron chi connectivity index (χ1n) is 3.91. The number of aliphatic imine (C=N–C) groups is 1. The van der Waals surface area contributed by atoms with E-state index in [0.717, 1.165) is 11.1 Å². The number of rotatable bonds is 2. The number of nitrogens with zero attached hydrogens (tertiary/aromatic N) is 1. The Hall–Kier alpha value is -1.12. The van der Waals surface area contributed by atoms with Gasteiger partial charge in [-0.25, -0.2) is 0 Å². The molecule has 0 fully saturated rings. The molecule has 0 aromatic heterocycles. The summed E-state index contributed by atoms with van der Waals surface area (Å²) >= 11 is 0. The Morgan fingerprint density at radius 1 is 1.67 bits per heavy atom. The minimum Gasteiger partial charge on any atom is -0.481 e. The zero-order chi connectivity index (χ0) is 9.35. The predicted octanol–water partition coefficient (Wildman–Crippen LogP) is 1.64. The monoisotopic (exact) mass is 167 g/mol. The van der Waals surface area contributed by atoms with Crippen LogP contribution in [-0.4, -0.2) is 22.8 Å². The van der Waals surface area contributed by atoms with Crippen LogP contribution in [0.25, 0.3) is 0 Å². The van der Waals surface area contributed by atoms with Gasteiger partial charge in [-0.15, -0.1) is 0 Å². The fourth-order valence-electron chi connectivity index (χ4n) is 1.33. The van der Waals surface area contributed by atoms with Crippen LogP contribution in [0.2, 0.25) is 0 Å². The molecule has 0 saturated heterocycles. The second-order valence-electron chi connectivity index (χ2n) is 3.41. The molecular weight excluding hydrogens is 154 g/mol. The fourth-order valence-corrected chi connectivity index (χ4v) is 1.33. The molecule has 0 saturated carbocycles. The van der Waals surface area contributed by atoms with Gasteiger partial charge in [0.05, 0.1) is 12.0 Å². The molecule has 0 aliphatic carbocycles. The lowest BCUT2D eigenvalue weighted by molar-refractivity contribution is -0.137. The van der Waals surface area contributed by atoms with Crippen LogP contribution < -0.4 is 0 Å². The van der Waals surface area contributed by atoms with Gasteiger partial charge in [0, 0.05) is 6.21 Å². The van der Waals surface area contributed by atoms with Crippen molar-refractivity contribution in [2.24, 2.45) is 4.99 Å². The maximum atomic E-state index is 10.5. The highest BCUT2D eigenvalue weighted by Crippen LogP contribution is 2.31. The first-order chi connectivity index (χ1) is 5.46. The summed E-state index contributed by atoms with van der Waals surface area (Å²) in [7, 11) is 0. The number of carbonyl (C=O) groups is 1. The van der Waals surface area contributed by atoms with Crippen LogP contribution in [0.4, 0.5) is 0 Å². The van der Waals surface area contributed by atoms with Gasteiger partial charge in [-0.2, -0.15) is 0 Å². The molecular formula is C9H13NO2. The molecule has 0 aromatic carbocycles. The average Bonchev–Trinajstić information content (AvgIpc) is 2.16. The van der Waals surface area contributed by atoms with Gasteiger partial charge in [0.25, 0.3) is 0 Å². The topological polar surface area (TPSA) is 49.7 Å². The molecule has 1 N–H and O–H groups in total. The summed E-state index contributed by atoms with van der Waals surface area (Å²) in [5, 5.41) is 8.65. The van der Waals surface area contributed by atoms with Gasteiger partial charge < -0.3 is 5.11 Å². The zero-order valence-corrected chi connectivity index (χ0v) is 7.59. The van der Waals surface area contributed by atoms with E-state index in [-0.39, 0.29) is 6.42 Å². The molecule has 1 unspecified atom stereocenters. The van der Waals surface area contributed by atoms with E-state index in [0.29, 0.717) is 0 Å². The van der Waals surface area contributed by atoms with E-state index in [1.54, 1.807) is 6.21 Å². The number of hydrogen-bond donors (Lipinski definition) is 1. The third-order valence-corrected chi connectivity index (χ3v) is 2.44. The highest BCUT2D eigenvalue weighted by atomic mass is 16.4. The molecule has 0 aromatic rings. The van der Waals surface area contributed by atoms with E-state index in [2.05, 4.69) is 4.99 Å². The average molecular weight is 167 g/mol. The molecule has 0 radical (unpaired) electrons. The van der Waals surface area contributed by atoms with Crippen molar-refractivity contribution >= 4 is 12.2 Å². The van der Waals surface area contributed by atoms with Gasteiger partial charge in [-0.05, 0) is 31.9 Å². The molecule has 0 amide bonds. The van der Waals surface area contributed by atoms with Crippen LogP contribution in [0.1, 0.15) is 27.2 Å². The molecule has 1 heterocycles. The quantitative estimate of drug-likeness (QED) is 0.679. The number of aliphatic carboxylic acids is 1. The molecule has 66 valence electrons. The lowest BCUT2D eigenvalue weighted by atomic mass is 9.90. The second kappa shape index (κ2) is 2.73. The predicted molar refractivity (Wildman–Crippen MR) is 47.5 cm³/mol. The van der Waals surface area contributed by atoms with E-state index in [9.17, 15) is 4.79 Å². The summed E-state index contributed by atoms with van der Waals surface area (Å²) in [5.41, 5.74) is 1.64. The van der Waals surface area contributed by atoms with Gasteiger partial charge in [0.15, 0.2) is 0 Å². The number of allylic oxidation sites excluding steroid dienone is 1. The van der Waals surface area contributed by atoms with Crippen LogP contribution >= 0.6 is 0 Å². The Morgan fingerprint density at radius 3 is 2.58 bits per heavy atom. The zero-order valence-electron chi connectivity index (χ0n) is 7.59.